The van der Waals surface area contributed by atoms with Crippen LogP contribution in [0.25, 0.3) is 0 Å². The summed E-state index contributed by atoms with van der Waals surface area (Å²) in [7, 11) is 4.76. The Morgan fingerprint density at radius 2 is 1.57 bits per heavy atom. The summed E-state index contributed by atoms with van der Waals surface area (Å²) in [6.07, 6.45) is 0.649. The van der Waals surface area contributed by atoms with E-state index in [2.05, 4.69) is 0 Å². The van der Waals surface area contributed by atoms with Crippen molar-refractivity contribution < 1.29 is 18.6 Å². The monoisotopic (exact) mass is 319 g/mol. The largest absolute Gasteiger partial charge is 0.496 e. The van der Waals surface area contributed by atoms with Gasteiger partial charge < -0.3 is 19.9 Å². The van der Waals surface area contributed by atoms with Gasteiger partial charge in [-0.3, -0.25) is 0 Å². The second-order valence-corrected chi connectivity index (χ2v) is 5.21. The minimum Gasteiger partial charge on any atom is -0.496 e. The molecule has 23 heavy (non-hydrogen) atoms. The molecule has 0 aliphatic carbocycles. The highest BCUT2D eigenvalue weighted by molar-refractivity contribution is 5.44. The average molecular weight is 319 g/mol. The summed E-state index contributed by atoms with van der Waals surface area (Å²) >= 11 is 0. The number of rotatable bonds is 7. The molecule has 2 N–H and O–H groups in total. The van der Waals surface area contributed by atoms with Crippen molar-refractivity contribution >= 4 is 0 Å². The predicted octanol–water partition coefficient (Wildman–Crippen LogP) is 3.14. The van der Waals surface area contributed by atoms with Crippen molar-refractivity contribution in [1.82, 2.24) is 0 Å². The van der Waals surface area contributed by atoms with Gasteiger partial charge in [-0.1, -0.05) is 6.07 Å². The highest BCUT2D eigenvalue weighted by atomic mass is 19.1. The SMILES string of the molecule is COc1ccc(CC(CN)c2cc(F)ccc2OC)cc1OC. The van der Waals surface area contributed by atoms with Gasteiger partial charge in [-0.2, -0.15) is 0 Å². The van der Waals surface area contributed by atoms with E-state index in [-0.39, 0.29) is 11.7 Å². The first-order valence-electron chi connectivity index (χ1n) is 7.37. The van der Waals surface area contributed by atoms with Crippen molar-refractivity contribution in [1.29, 1.82) is 0 Å². The molecule has 0 spiro atoms. The Morgan fingerprint density at radius 1 is 0.913 bits per heavy atom. The molecular formula is C18H22FNO3. The van der Waals surface area contributed by atoms with E-state index in [1.54, 1.807) is 27.4 Å². The summed E-state index contributed by atoms with van der Waals surface area (Å²) < 4.78 is 29.5. The Bertz CT molecular complexity index is 661. The number of hydrogen-bond donors (Lipinski definition) is 1. The quantitative estimate of drug-likeness (QED) is 0.852. The van der Waals surface area contributed by atoms with Crippen molar-refractivity contribution in [2.45, 2.75) is 12.3 Å². The molecule has 0 radical (unpaired) electrons. The van der Waals surface area contributed by atoms with Gasteiger partial charge >= 0.3 is 0 Å². The summed E-state index contributed by atoms with van der Waals surface area (Å²) in [6, 6.07) is 10.2. The smallest absolute Gasteiger partial charge is 0.160 e. The van der Waals surface area contributed by atoms with E-state index in [9.17, 15) is 4.39 Å². The van der Waals surface area contributed by atoms with Crippen LogP contribution < -0.4 is 19.9 Å². The van der Waals surface area contributed by atoms with Gasteiger partial charge in [-0.05, 0) is 48.9 Å². The van der Waals surface area contributed by atoms with Crippen molar-refractivity contribution in [3.63, 3.8) is 0 Å². The van der Waals surface area contributed by atoms with Gasteiger partial charge in [-0.25, -0.2) is 4.39 Å². The molecule has 0 amide bonds. The molecule has 0 saturated heterocycles. The molecule has 1 atom stereocenters. The van der Waals surface area contributed by atoms with Crippen LogP contribution in [0.15, 0.2) is 36.4 Å². The second kappa shape index (κ2) is 7.83. The molecule has 0 bridgehead atoms. The van der Waals surface area contributed by atoms with Crippen molar-refractivity contribution in [3.8, 4) is 17.2 Å². The van der Waals surface area contributed by atoms with Gasteiger partial charge in [0.2, 0.25) is 0 Å². The zero-order chi connectivity index (χ0) is 16.8. The summed E-state index contributed by atoms with van der Waals surface area (Å²) in [5.41, 5.74) is 7.72. The first-order valence-corrected chi connectivity index (χ1v) is 7.37. The van der Waals surface area contributed by atoms with Crippen LogP contribution in [-0.2, 0) is 6.42 Å². The molecule has 1 unspecified atom stereocenters. The Hall–Kier alpha value is -2.27. The maximum absolute atomic E-state index is 13.6. The van der Waals surface area contributed by atoms with Gasteiger partial charge in [-0.15, -0.1) is 0 Å². The zero-order valence-corrected chi connectivity index (χ0v) is 13.6. The third-order valence-electron chi connectivity index (χ3n) is 3.85. The number of methoxy groups -OCH3 is 3. The van der Waals surface area contributed by atoms with Gasteiger partial charge in [0, 0.05) is 11.5 Å². The highest BCUT2D eigenvalue weighted by Gasteiger charge is 2.17. The second-order valence-electron chi connectivity index (χ2n) is 5.21. The van der Waals surface area contributed by atoms with Crippen molar-refractivity contribution in [2.75, 3.05) is 27.9 Å². The minimum atomic E-state index is -0.299. The molecule has 0 aromatic heterocycles. The Balaban J connectivity index is 2.31. The van der Waals surface area contributed by atoms with E-state index in [1.165, 1.54) is 12.1 Å². The van der Waals surface area contributed by atoms with Crippen LogP contribution in [0.3, 0.4) is 0 Å². The molecule has 2 aromatic carbocycles. The first kappa shape index (κ1) is 17.1. The van der Waals surface area contributed by atoms with E-state index in [0.717, 1.165) is 11.1 Å². The molecule has 0 saturated carbocycles. The fraction of sp³-hybridized carbons (Fsp3) is 0.333. The van der Waals surface area contributed by atoms with Crippen molar-refractivity contribution in [3.05, 3.63) is 53.3 Å². The molecule has 0 fully saturated rings. The van der Waals surface area contributed by atoms with Crippen LogP contribution in [0.2, 0.25) is 0 Å². The van der Waals surface area contributed by atoms with E-state index in [4.69, 9.17) is 19.9 Å². The average Bonchev–Trinajstić information content (AvgIpc) is 2.59. The maximum Gasteiger partial charge on any atom is 0.160 e. The highest BCUT2D eigenvalue weighted by Crippen LogP contribution is 2.33. The molecule has 0 aliphatic rings. The lowest BCUT2D eigenvalue weighted by atomic mass is 9.91. The normalized spacial score (nSPS) is 11.9. The number of benzene rings is 2. The summed E-state index contributed by atoms with van der Waals surface area (Å²) in [6.45, 7) is 0.383. The Morgan fingerprint density at radius 3 is 2.17 bits per heavy atom. The summed E-state index contributed by atoms with van der Waals surface area (Å²) in [5.74, 6) is 1.61. The Kier molecular flexibility index (Phi) is 5.82. The lowest BCUT2D eigenvalue weighted by molar-refractivity contribution is 0.354. The minimum absolute atomic E-state index is 0.0567. The summed E-state index contributed by atoms with van der Waals surface area (Å²) in [4.78, 5) is 0. The number of ether oxygens (including phenoxy) is 3. The molecular weight excluding hydrogens is 297 g/mol. The van der Waals surface area contributed by atoms with E-state index < -0.39 is 0 Å². The predicted molar refractivity (Wildman–Crippen MR) is 88.0 cm³/mol. The molecule has 2 rings (SSSR count). The van der Waals surface area contributed by atoms with Gasteiger partial charge in [0.05, 0.1) is 21.3 Å². The molecule has 4 nitrogen and oxygen atoms in total. The van der Waals surface area contributed by atoms with E-state index in [0.29, 0.717) is 30.2 Å². The van der Waals surface area contributed by atoms with Crippen LogP contribution in [0.1, 0.15) is 17.0 Å². The summed E-state index contributed by atoms with van der Waals surface area (Å²) in [5, 5.41) is 0. The lowest BCUT2D eigenvalue weighted by Gasteiger charge is -2.19. The topological polar surface area (TPSA) is 53.7 Å². The number of nitrogens with two attached hydrogens (primary N) is 1. The van der Waals surface area contributed by atoms with E-state index in [1.807, 2.05) is 18.2 Å². The molecule has 0 aliphatic heterocycles. The first-order chi connectivity index (χ1) is 11.1. The van der Waals surface area contributed by atoms with Crippen LogP contribution >= 0.6 is 0 Å². The van der Waals surface area contributed by atoms with E-state index >= 15 is 0 Å². The molecule has 0 heterocycles. The van der Waals surface area contributed by atoms with Gasteiger partial charge in [0.1, 0.15) is 11.6 Å². The lowest BCUT2D eigenvalue weighted by Crippen LogP contribution is -2.16. The van der Waals surface area contributed by atoms with Crippen LogP contribution in [0.4, 0.5) is 4.39 Å². The van der Waals surface area contributed by atoms with Gasteiger partial charge in [0.15, 0.2) is 11.5 Å². The molecule has 5 heteroatoms. The maximum atomic E-state index is 13.6. The third kappa shape index (κ3) is 3.93. The fourth-order valence-corrected chi connectivity index (χ4v) is 2.64. The Labute approximate surface area is 136 Å². The molecule has 2 aromatic rings. The van der Waals surface area contributed by atoms with Gasteiger partial charge in [0.25, 0.3) is 0 Å². The number of halogens is 1. The van der Waals surface area contributed by atoms with Crippen LogP contribution in [-0.4, -0.2) is 27.9 Å². The third-order valence-corrected chi connectivity index (χ3v) is 3.85. The van der Waals surface area contributed by atoms with Crippen LogP contribution in [0.5, 0.6) is 17.2 Å². The standard InChI is InChI=1S/C18H22FNO3/c1-21-16-7-5-14(19)10-15(16)13(11-20)8-12-4-6-17(22-2)18(9-12)23-3/h4-7,9-10,13H,8,11,20H2,1-3H3. The fourth-order valence-electron chi connectivity index (χ4n) is 2.64. The molecule has 124 valence electrons. The van der Waals surface area contributed by atoms with Crippen LogP contribution in [0, 0.1) is 5.82 Å². The number of hydrogen-bond acceptors (Lipinski definition) is 4. The zero-order valence-electron chi connectivity index (χ0n) is 13.6. The van der Waals surface area contributed by atoms with Crippen molar-refractivity contribution in [2.24, 2.45) is 5.73 Å².